The predicted molar refractivity (Wildman–Crippen MR) is 73.3 cm³/mol. The van der Waals surface area contributed by atoms with Gasteiger partial charge in [-0.15, -0.1) is 0 Å². The van der Waals surface area contributed by atoms with Crippen LogP contribution in [0.3, 0.4) is 0 Å². The lowest BCUT2D eigenvalue weighted by atomic mass is 9.79. The second-order valence-corrected chi connectivity index (χ2v) is 6.12. The first-order valence-electron chi connectivity index (χ1n) is 7.29. The summed E-state index contributed by atoms with van der Waals surface area (Å²) < 4.78 is 0. The van der Waals surface area contributed by atoms with E-state index >= 15 is 0 Å². The fraction of sp³-hybridized carbons (Fsp3) is 0.857. The molecule has 1 heterocycles. The van der Waals surface area contributed by atoms with E-state index in [0.717, 1.165) is 32.2 Å². The molecule has 1 aliphatic carbocycles. The highest BCUT2D eigenvalue weighted by molar-refractivity contribution is 5.79. The largest absolute Gasteiger partial charge is 0.352 e. The van der Waals surface area contributed by atoms with Gasteiger partial charge in [-0.3, -0.25) is 9.59 Å². The van der Waals surface area contributed by atoms with Gasteiger partial charge >= 0.3 is 0 Å². The van der Waals surface area contributed by atoms with Crippen molar-refractivity contribution in [2.75, 3.05) is 13.1 Å². The van der Waals surface area contributed by atoms with Gasteiger partial charge in [-0.1, -0.05) is 6.92 Å². The van der Waals surface area contributed by atoms with Crippen molar-refractivity contribution in [2.45, 2.75) is 51.6 Å². The number of rotatable bonds is 2. The van der Waals surface area contributed by atoms with Crippen LogP contribution in [0.4, 0.5) is 0 Å². The maximum Gasteiger partial charge on any atom is 0.225 e. The first-order chi connectivity index (χ1) is 8.97. The highest BCUT2D eigenvalue weighted by Gasteiger charge is 2.35. The maximum absolute atomic E-state index is 12.4. The van der Waals surface area contributed by atoms with Crippen LogP contribution in [0.15, 0.2) is 0 Å². The number of likely N-dealkylation sites (tertiary alicyclic amines) is 1. The van der Waals surface area contributed by atoms with Crippen molar-refractivity contribution in [3.8, 4) is 0 Å². The van der Waals surface area contributed by atoms with E-state index in [0.29, 0.717) is 12.5 Å². The highest BCUT2D eigenvalue weighted by Crippen LogP contribution is 2.29. The molecule has 2 rings (SSSR count). The SMILES string of the molecule is CC(=O)NC1CCN(C(=O)C2CCC(C)C(N)C2)C1. The molecule has 1 saturated carbocycles. The van der Waals surface area contributed by atoms with Crippen LogP contribution < -0.4 is 11.1 Å². The van der Waals surface area contributed by atoms with E-state index in [-0.39, 0.29) is 29.8 Å². The zero-order valence-corrected chi connectivity index (χ0v) is 11.9. The Hall–Kier alpha value is -1.10. The van der Waals surface area contributed by atoms with Crippen LogP contribution in [-0.4, -0.2) is 41.9 Å². The van der Waals surface area contributed by atoms with Crippen molar-refractivity contribution in [3.63, 3.8) is 0 Å². The number of hydrogen-bond acceptors (Lipinski definition) is 3. The highest BCUT2D eigenvalue weighted by atomic mass is 16.2. The Balaban J connectivity index is 1.86. The van der Waals surface area contributed by atoms with Crippen LogP contribution in [0, 0.1) is 11.8 Å². The van der Waals surface area contributed by atoms with Gasteiger partial charge in [0.15, 0.2) is 0 Å². The zero-order chi connectivity index (χ0) is 14.0. The van der Waals surface area contributed by atoms with E-state index in [1.807, 2.05) is 4.90 Å². The van der Waals surface area contributed by atoms with Gasteiger partial charge in [0, 0.05) is 38.0 Å². The lowest BCUT2D eigenvalue weighted by Crippen LogP contribution is -2.43. The summed E-state index contributed by atoms with van der Waals surface area (Å²) in [7, 11) is 0. The lowest BCUT2D eigenvalue weighted by molar-refractivity contribution is -0.136. The number of nitrogens with two attached hydrogens (primary N) is 1. The van der Waals surface area contributed by atoms with Crippen LogP contribution >= 0.6 is 0 Å². The van der Waals surface area contributed by atoms with E-state index in [2.05, 4.69) is 12.2 Å². The Morgan fingerprint density at radius 1 is 1.26 bits per heavy atom. The molecule has 2 fully saturated rings. The molecule has 4 unspecified atom stereocenters. The second kappa shape index (κ2) is 5.90. The monoisotopic (exact) mass is 267 g/mol. The smallest absolute Gasteiger partial charge is 0.225 e. The van der Waals surface area contributed by atoms with Crippen LogP contribution in [0.5, 0.6) is 0 Å². The molecular weight excluding hydrogens is 242 g/mol. The third-order valence-corrected chi connectivity index (χ3v) is 4.51. The van der Waals surface area contributed by atoms with E-state index in [1.165, 1.54) is 6.92 Å². The van der Waals surface area contributed by atoms with E-state index in [1.54, 1.807) is 0 Å². The van der Waals surface area contributed by atoms with Crippen LogP contribution in [0.1, 0.15) is 39.5 Å². The topological polar surface area (TPSA) is 75.4 Å². The van der Waals surface area contributed by atoms with Crippen molar-refractivity contribution in [1.82, 2.24) is 10.2 Å². The summed E-state index contributed by atoms with van der Waals surface area (Å²) in [6, 6.07) is 0.272. The molecule has 108 valence electrons. The van der Waals surface area contributed by atoms with Gasteiger partial charge in [0.1, 0.15) is 0 Å². The number of nitrogens with one attached hydrogen (secondary N) is 1. The molecule has 0 radical (unpaired) electrons. The number of hydrogen-bond donors (Lipinski definition) is 2. The minimum Gasteiger partial charge on any atom is -0.352 e. The standard InChI is InChI=1S/C14H25N3O2/c1-9-3-4-11(7-13(9)15)14(19)17-6-5-12(8-17)16-10(2)18/h9,11-13H,3-8,15H2,1-2H3,(H,16,18). The Bertz CT molecular complexity index is 359. The Morgan fingerprint density at radius 3 is 2.63 bits per heavy atom. The van der Waals surface area contributed by atoms with Gasteiger partial charge in [0.05, 0.1) is 0 Å². The minimum absolute atomic E-state index is 0.0205. The molecular formula is C14H25N3O2. The summed E-state index contributed by atoms with van der Waals surface area (Å²) in [6.45, 7) is 5.09. The van der Waals surface area contributed by atoms with Gasteiger partial charge in [-0.2, -0.15) is 0 Å². The molecule has 0 aromatic rings. The molecule has 0 aromatic heterocycles. The van der Waals surface area contributed by atoms with Gasteiger partial charge < -0.3 is 16.0 Å². The Kier molecular flexibility index (Phi) is 4.45. The number of carbonyl (C=O) groups is 2. The summed E-state index contributed by atoms with van der Waals surface area (Å²) in [5.74, 6) is 0.819. The van der Waals surface area contributed by atoms with E-state index in [9.17, 15) is 9.59 Å². The summed E-state index contributed by atoms with van der Waals surface area (Å²) >= 11 is 0. The second-order valence-electron chi connectivity index (χ2n) is 6.12. The van der Waals surface area contributed by atoms with Crippen molar-refractivity contribution in [1.29, 1.82) is 0 Å². The average Bonchev–Trinajstić information content (AvgIpc) is 2.79. The van der Waals surface area contributed by atoms with Crippen LogP contribution in [-0.2, 0) is 9.59 Å². The summed E-state index contributed by atoms with van der Waals surface area (Å²) in [4.78, 5) is 25.4. The van der Waals surface area contributed by atoms with Gasteiger partial charge in [-0.25, -0.2) is 0 Å². The van der Waals surface area contributed by atoms with Gasteiger partial charge in [-0.05, 0) is 31.6 Å². The minimum atomic E-state index is -0.0205. The van der Waals surface area contributed by atoms with Gasteiger partial charge in [0.25, 0.3) is 0 Å². The molecule has 5 heteroatoms. The first-order valence-corrected chi connectivity index (χ1v) is 7.29. The summed E-state index contributed by atoms with van der Waals surface area (Å²) in [5, 5.41) is 2.89. The Labute approximate surface area is 114 Å². The van der Waals surface area contributed by atoms with Gasteiger partial charge in [0.2, 0.25) is 11.8 Å². The molecule has 19 heavy (non-hydrogen) atoms. The summed E-state index contributed by atoms with van der Waals surface area (Å²) in [5.41, 5.74) is 6.07. The van der Waals surface area contributed by atoms with E-state index < -0.39 is 0 Å². The first kappa shape index (κ1) is 14.3. The molecule has 3 N–H and O–H groups in total. The van der Waals surface area contributed by atoms with Crippen LogP contribution in [0.25, 0.3) is 0 Å². The molecule has 4 atom stereocenters. The predicted octanol–water partition coefficient (Wildman–Crippen LogP) is 0.487. The third-order valence-electron chi connectivity index (χ3n) is 4.51. The normalized spacial score (nSPS) is 35.2. The molecule has 1 saturated heterocycles. The van der Waals surface area contributed by atoms with Crippen LogP contribution in [0.2, 0.25) is 0 Å². The molecule has 0 spiro atoms. The molecule has 2 aliphatic rings. The number of nitrogens with zero attached hydrogens (tertiary/aromatic N) is 1. The number of carbonyl (C=O) groups excluding carboxylic acids is 2. The molecule has 0 aromatic carbocycles. The van der Waals surface area contributed by atoms with Crippen molar-refractivity contribution < 1.29 is 9.59 Å². The summed E-state index contributed by atoms with van der Waals surface area (Å²) in [6.07, 6.45) is 3.66. The average molecular weight is 267 g/mol. The third kappa shape index (κ3) is 3.47. The van der Waals surface area contributed by atoms with Crippen molar-refractivity contribution in [3.05, 3.63) is 0 Å². The Morgan fingerprint density at radius 2 is 2.00 bits per heavy atom. The lowest BCUT2D eigenvalue weighted by Gasteiger charge is -2.33. The number of amides is 2. The molecule has 0 bridgehead atoms. The zero-order valence-electron chi connectivity index (χ0n) is 11.9. The molecule has 1 aliphatic heterocycles. The fourth-order valence-electron chi connectivity index (χ4n) is 3.21. The molecule has 5 nitrogen and oxygen atoms in total. The molecule has 2 amide bonds. The van der Waals surface area contributed by atoms with Crippen molar-refractivity contribution in [2.24, 2.45) is 17.6 Å². The maximum atomic E-state index is 12.4. The quantitative estimate of drug-likeness (QED) is 0.764. The fourth-order valence-corrected chi connectivity index (χ4v) is 3.21. The van der Waals surface area contributed by atoms with E-state index in [4.69, 9.17) is 5.73 Å². The van der Waals surface area contributed by atoms with Crippen molar-refractivity contribution >= 4 is 11.8 Å².